The zero-order valence-electron chi connectivity index (χ0n) is 6.62. The molecule has 2 nitrogen and oxygen atoms in total. The standard InChI is InChI=1S/C10H6ClO2/c11-10-7(3-1-4-8(10)12)9-5-2-6-13-9/h1-2,4-6,12H. The average molecular weight is 194 g/mol. The van der Waals surface area contributed by atoms with Crippen LogP contribution in [0, 0.1) is 6.07 Å². The molecular weight excluding hydrogens is 188 g/mol. The zero-order chi connectivity index (χ0) is 9.26. The second-order valence-electron chi connectivity index (χ2n) is 2.53. The van der Waals surface area contributed by atoms with Gasteiger partial charge in [0.1, 0.15) is 11.5 Å². The summed E-state index contributed by atoms with van der Waals surface area (Å²) in [6.45, 7) is 0. The molecule has 2 aromatic rings. The first-order valence-corrected chi connectivity index (χ1v) is 4.10. The second-order valence-corrected chi connectivity index (χ2v) is 2.91. The summed E-state index contributed by atoms with van der Waals surface area (Å²) in [5.74, 6) is 0.632. The molecule has 1 heterocycles. The molecule has 0 aliphatic carbocycles. The maximum atomic E-state index is 9.31. The minimum atomic E-state index is 0.0341. The molecule has 0 saturated carbocycles. The van der Waals surface area contributed by atoms with Gasteiger partial charge >= 0.3 is 0 Å². The largest absolute Gasteiger partial charge is 0.506 e. The fraction of sp³-hybridized carbons (Fsp3) is 0. The summed E-state index contributed by atoms with van der Waals surface area (Å²) in [5.41, 5.74) is 0.576. The highest BCUT2D eigenvalue weighted by molar-refractivity contribution is 6.34. The number of aromatic hydroxyl groups is 1. The third-order valence-electron chi connectivity index (χ3n) is 1.68. The monoisotopic (exact) mass is 193 g/mol. The van der Waals surface area contributed by atoms with Crippen molar-refractivity contribution in [3.05, 3.63) is 41.6 Å². The minimum absolute atomic E-state index is 0.0341. The summed E-state index contributed by atoms with van der Waals surface area (Å²) in [4.78, 5) is 0. The quantitative estimate of drug-likeness (QED) is 0.755. The van der Waals surface area contributed by atoms with Gasteiger partial charge in [-0.1, -0.05) is 11.6 Å². The van der Waals surface area contributed by atoms with Crippen molar-refractivity contribution in [3.63, 3.8) is 0 Å². The maximum Gasteiger partial charge on any atom is 0.136 e. The highest BCUT2D eigenvalue weighted by atomic mass is 35.5. The molecule has 0 aliphatic rings. The van der Waals surface area contributed by atoms with E-state index in [1.165, 1.54) is 6.07 Å². The summed E-state index contributed by atoms with van der Waals surface area (Å²) in [7, 11) is 0. The molecule has 0 unspecified atom stereocenters. The Kier molecular flexibility index (Phi) is 1.99. The molecule has 0 saturated heterocycles. The lowest BCUT2D eigenvalue weighted by Crippen LogP contribution is -1.76. The van der Waals surface area contributed by atoms with E-state index in [0.29, 0.717) is 11.3 Å². The molecule has 13 heavy (non-hydrogen) atoms. The molecular formula is C10H6ClO2. The van der Waals surface area contributed by atoms with Crippen molar-refractivity contribution >= 4 is 11.6 Å². The fourth-order valence-electron chi connectivity index (χ4n) is 1.07. The van der Waals surface area contributed by atoms with Crippen LogP contribution in [0.1, 0.15) is 0 Å². The first-order chi connectivity index (χ1) is 6.29. The van der Waals surface area contributed by atoms with Crippen LogP contribution in [0.2, 0.25) is 5.02 Å². The Morgan fingerprint density at radius 2 is 2.23 bits per heavy atom. The highest BCUT2D eigenvalue weighted by Crippen LogP contribution is 2.33. The van der Waals surface area contributed by atoms with E-state index in [2.05, 4.69) is 6.07 Å². The predicted octanol–water partition coefficient (Wildman–Crippen LogP) is 3.11. The molecule has 0 fully saturated rings. The van der Waals surface area contributed by atoms with Gasteiger partial charge < -0.3 is 9.52 Å². The van der Waals surface area contributed by atoms with Crippen LogP contribution in [0.4, 0.5) is 0 Å². The number of hydrogen-bond donors (Lipinski definition) is 1. The summed E-state index contributed by atoms with van der Waals surface area (Å²) in [6.07, 6.45) is 1.55. The van der Waals surface area contributed by atoms with E-state index in [9.17, 15) is 5.11 Å². The van der Waals surface area contributed by atoms with Gasteiger partial charge in [-0.15, -0.1) is 0 Å². The van der Waals surface area contributed by atoms with Crippen molar-refractivity contribution in [2.45, 2.75) is 0 Å². The van der Waals surface area contributed by atoms with Crippen molar-refractivity contribution in [2.24, 2.45) is 0 Å². The van der Waals surface area contributed by atoms with Gasteiger partial charge in [0.15, 0.2) is 0 Å². The van der Waals surface area contributed by atoms with Gasteiger partial charge in [-0.3, -0.25) is 0 Å². The smallest absolute Gasteiger partial charge is 0.136 e. The third kappa shape index (κ3) is 1.40. The lowest BCUT2D eigenvalue weighted by atomic mass is 10.1. The number of phenolic OH excluding ortho intramolecular Hbond substituents is 1. The van der Waals surface area contributed by atoms with Crippen LogP contribution in [-0.4, -0.2) is 5.11 Å². The first-order valence-electron chi connectivity index (χ1n) is 3.72. The SMILES string of the molecule is Oc1cc[c]c(-c2ccco2)c1Cl. The molecule has 0 bridgehead atoms. The normalized spacial score (nSPS) is 10.2. The number of phenols is 1. The summed E-state index contributed by atoms with van der Waals surface area (Å²) in [5, 5.41) is 9.57. The van der Waals surface area contributed by atoms with Crippen molar-refractivity contribution in [3.8, 4) is 17.1 Å². The van der Waals surface area contributed by atoms with Gasteiger partial charge in [-0.25, -0.2) is 0 Å². The van der Waals surface area contributed by atoms with Gasteiger partial charge in [0, 0.05) is 5.56 Å². The molecule has 2 rings (SSSR count). The van der Waals surface area contributed by atoms with E-state index in [-0.39, 0.29) is 10.8 Å². The Morgan fingerprint density at radius 3 is 2.92 bits per heavy atom. The minimum Gasteiger partial charge on any atom is -0.506 e. The number of furan rings is 1. The average Bonchev–Trinajstić information content (AvgIpc) is 2.62. The van der Waals surface area contributed by atoms with Crippen LogP contribution in [0.25, 0.3) is 11.3 Å². The number of halogens is 1. The molecule has 1 radical (unpaired) electrons. The molecule has 1 aromatic carbocycles. The fourth-order valence-corrected chi connectivity index (χ4v) is 1.28. The van der Waals surface area contributed by atoms with Crippen LogP contribution in [-0.2, 0) is 0 Å². The van der Waals surface area contributed by atoms with Crippen molar-refractivity contribution in [1.29, 1.82) is 0 Å². The van der Waals surface area contributed by atoms with Crippen LogP contribution in [0.15, 0.2) is 34.9 Å². The summed E-state index contributed by atoms with van der Waals surface area (Å²) in [6, 6.07) is 9.49. The molecule has 65 valence electrons. The van der Waals surface area contributed by atoms with Crippen LogP contribution >= 0.6 is 11.6 Å². The van der Waals surface area contributed by atoms with Crippen LogP contribution < -0.4 is 0 Å². The van der Waals surface area contributed by atoms with E-state index >= 15 is 0 Å². The van der Waals surface area contributed by atoms with E-state index in [1.54, 1.807) is 24.5 Å². The lowest BCUT2D eigenvalue weighted by Gasteiger charge is -2.00. The lowest BCUT2D eigenvalue weighted by molar-refractivity contribution is 0.475. The van der Waals surface area contributed by atoms with Crippen molar-refractivity contribution < 1.29 is 9.52 Å². The van der Waals surface area contributed by atoms with Gasteiger partial charge in [-0.2, -0.15) is 0 Å². The first kappa shape index (κ1) is 8.20. The molecule has 1 N–H and O–H groups in total. The molecule has 1 aromatic heterocycles. The molecule has 0 aliphatic heterocycles. The van der Waals surface area contributed by atoms with E-state index in [1.807, 2.05) is 0 Å². The third-order valence-corrected chi connectivity index (χ3v) is 2.06. The number of rotatable bonds is 1. The van der Waals surface area contributed by atoms with E-state index in [4.69, 9.17) is 16.0 Å². The van der Waals surface area contributed by atoms with Gasteiger partial charge in [0.05, 0.1) is 11.3 Å². The van der Waals surface area contributed by atoms with Gasteiger partial charge in [-0.05, 0) is 30.3 Å². The van der Waals surface area contributed by atoms with Gasteiger partial charge in [0.2, 0.25) is 0 Å². The Hall–Kier alpha value is -1.41. The Labute approximate surface area is 80.4 Å². The Bertz CT molecular complexity index is 407. The van der Waals surface area contributed by atoms with Crippen LogP contribution in [0.3, 0.4) is 0 Å². The summed E-state index contributed by atoms with van der Waals surface area (Å²) < 4.78 is 5.13. The topological polar surface area (TPSA) is 33.4 Å². The number of benzene rings is 1. The molecule has 3 heteroatoms. The molecule has 0 spiro atoms. The van der Waals surface area contributed by atoms with Crippen LogP contribution in [0.5, 0.6) is 5.75 Å². The zero-order valence-corrected chi connectivity index (χ0v) is 7.38. The molecule has 0 amide bonds. The highest BCUT2D eigenvalue weighted by Gasteiger charge is 2.08. The van der Waals surface area contributed by atoms with Gasteiger partial charge in [0.25, 0.3) is 0 Å². The second kappa shape index (κ2) is 3.15. The Balaban J connectivity index is 2.59. The summed E-state index contributed by atoms with van der Waals surface area (Å²) >= 11 is 5.84. The predicted molar refractivity (Wildman–Crippen MR) is 49.7 cm³/mol. The Morgan fingerprint density at radius 1 is 1.38 bits per heavy atom. The van der Waals surface area contributed by atoms with Crippen molar-refractivity contribution in [2.75, 3.05) is 0 Å². The van der Waals surface area contributed by atoms with E-state index < -0.39 is 0 Å². The van der Waals surface area contributed by atoms with Crippen molar-refractivity contribution in [1.82, 2.24) is 0 Å². The number of hydrogen-bond acceptors (Lipinski definition) is 2. The maximum absolute atomic E-state index is 9.31. The molecule has 0 atom stereocenters. The van der Waals surface area contributed by atoms with E-state index in [0.717, 1.165) is 0 Å².